The number of alkyl halides is 3. The van der Waals surface area contributed by atoms with Gasteiger partial charge in [-0.2, -0.15) is 23.5 Å². The lowest BCUT2D eigenvalue weighted by molar-refractivity contribution is -0.137. The third kappa shape index (κ3) is 4.11. The summed E-state index contributed by atoms with van der Waals surface area (Å²) in [4.78, 5) is 0. The predicted octanol–water partition coefficient (Wildman–Crippen LogP) is 2.65. The number of anilines is 1. The molecule has 1 N–H and O–H groups in total. The normalized spacial score (nSPS) is 12.9. The van der Waals surface area contributed by atoms with Gasteiger partial charge in [-0.05, 0) is 18.2 Å². The van der Waals surface area contributed by atoms with Crippen LogP contribution < -0.4 is 5.43 Å². The standard InChI is InChI=1S/C10H7ClF3N3O2S/c1-20(18,19)9(5-15)17-16-8-3-2-6(4-7(8)11)10(12,13)14/h2-4,16H,1H3/b17-9+. The molecule has 0 unspecified atom stereocenters. The van der Waals surface area contributed by atoms with Crippen molar-refractivity contribution in [2.75, 3.05) is 11.7 Å². The Morgan fingerprint density at radius 2 is 2.05 bits per heavy atom. The van der Waals surface area contributed by atoms with E-state index in [9.17, 15) is 21.6 Å². The van der Waals surface area contributed by atoms with Gasteiger partial charge in [0.05, 0.1) is 16.3 Å². The molecule has 1 rings (SSSR count). The largest absolute Gasteiger partial charge is 0.416 e. The zero-order valence-electron chi connectivity index (χ0n) is 9.86. The molecule has 0 bridgehead atoms. The average molecular weight is 326 g/mol. The summed E-state index contributed by atoms with van der Waals surface area (Å²) >= 11 is 5.61. The molecular weight excluding hydrogens is 319 g/mol. The minimum absolute atomic E-state index is 0.0592. The molecule has 0 radical (unpaired) electrons. The van der Waals surface area contributed by atoms with Crippen LogP contribution in [0.2, 0.25) is 5.02 Å². The first-order valence-corrected chi connectivity index (χ1v) is 7.13. The quantitative estimate of drug-likeness (QED) is 0.515. The summed E-state index contributed by atoms with van der Waals surface area (Å²) in [5.41, 5.74) is 1.12. The third-order valence-electron chi connectivity index (χ3n) is 2.02. The van der Waals surface area contributed by atoms with Crippen LogP contribution in [0.15, 0.2) is 23.3 Å². The van der Waals surface area contributed by atoms with Crippen LogP contribution in [0, 0.1) is 11.3 Å². The van der Waals surface area contributed by atoms with Gasteiger partial charge in [0.25, 0.3) is 5.04 Å². The molecule has 20 heavy (non-hydrogen) atoms. The minimum Gasteiger partial charge on any atom is -0.275 e. The first kappa shape index (κ1) is 16.3. The predicted molar refractivity (Wildman–Crippen MR) is 68.0 cm³/mol. The molecule has 0 aliphatic rings. The number of hydrogen-bond donors (Lipinski definition) is 1. The van der Waals surface area contributed by atoms with Crippen molar-refractivity contribution in [1.29, 1.82) is 5.26 Å². The first-order valence-electron chi connectivity index (χ1n) is 4.86. The maximum absolute atomic E-state index is 12.4. The van der Waals surface area contributed by atoms with Crippen LogP contribution in [0.25, 0.3) is 0 Å². The van der Waals surface area contributed by atoms with Crippen LogP contribution in [-0.4, -0.2) is 19.7 Å². The Kier molecular flexibility index (Phi) is 4.62. The molecule has 10 heteroatoms. The Balaban J connectivity index is 3.08. The van der Waals surface area contributed by atoms with Gasteiger partial charge in [-0.1, -0.05) is 11.6 Å². The Morgan fingerprint density at radius 3 is 2.45 bits per heavy atom. The van der Waals surface area contributed by atoms with E-state index in [1.807, 2.05) is 0 Å². The van der Waals surface area contributed by atoms with Crippen molar-refractivity contribution < 1.29 is 21.6 Å². The van der Waals surface area contributed by atoms with E-state index >= 15 is 0 Å². The molecule has 0 atom stereocenters. The molecule has 0 fully saturated rings. The molecule has 5 nitrogen and oxygen atoms in total. The number of nitrogens with one attached hydrogen (secondary N) is 1. The Labute approximate surface area is 117 Å². The third-order valence-corrected chi connectivity index (χ3v) is 3.22. The summed E-state index contributed by atoms with van der Waals surface area (Å²) in [7, 11) is -3.83. The smallest absolute Gasteiger partial charge is 0.275 e. The van der Waals surface area contributed by atoms with Crippen LogP contribution in [0.1, 0.15) is 5.56 Å². The number of hydrogen-bond acceptors (Lipinski definition) is 5. The molecule has 0 heterocycles. The summed E-state index contributed by atoms with van der Waals surface area (Å²) in [5.74, 6) is 0. The molecule has 0 saturated heterocycles. The summed E-state index contributed by atoms with van der Waals surface area (Å²) in [5, 5.41) is 10.7. The second-order valence-corrected chi connectivity index (χ2v) is 5.94. The monoisotopic (exact) mass is 325 g/mol. The van der Waals surface area contributed by atoms with E-state index in [0.29, 0.717) is 6.07 Å². The van der Waals surface area contributed by atoms with Crippen molar-refractivity contribution in [2.24, 2.45) is 5.10 Å². The lowest BCUT2D eigenvalue weighted by Crippen LogP contribution is -2.12. The second kappa shape index (κ2) is 5.68. The van der Waals surface area contributed by atoms with Gasteiger partial charge in [-0.15, -0.1) is 0 Å². The van der Waals surface area contributed by atoms with Crippen molar-refractivity contribution in [3.05, 3.63) is 28.8 Å². The molecule has 0 amide bonds. The van der Waals surface area contributed by atoms with Crippen LogP contribution in [0.3, 0.4) is 0 Å². The first-order chi connectivity index (χ1) is 9.05. The number of hydrazone groups is 1. The minimum atomic E-state index is -4.55. The summed E-state index contributed by atoms with van der Waals surface area (Å²) in [6.07, 6.45) is -3.78. The van der Waals surface area contributed by atoms with Crippen molar-refractivity contribution in [3.63, 3.8) is 0 Å². The van der Waals surface area contributed by atoms with Crippen LogP contribution >= 0.6 is 11.6 Å². The zero-order chi connectivity index (χ0) is 15.6. The van der Waals surface area contributed by atoms with Crippen molar-refractivity contribution in [3.8, 4) is 6.07 Å². The number of nitrogens with zero attached hydrogens (tertiary/aromatic N) is 2. The Morgan fingerprint density at radius 1 is 1.45 bits per heavy atom. The highest BCUT2D eigenvalue weighted by atomic mass is 35.5. The molecule has 0 spiro atoms. The number of benzene rings is 1. The van der Waals surface area contributed by atoms with E-state index in [1.54, 1.807) is 0 Å². The highest BCUT2D eigenvalue weighted by molar-refractivity contribution is 8.06. The van der Waals surface area contributed by atoms with E-state index < -0.39 is 26.6 Å². The van der Waals surface area contributed by atoms with Gasteiger partial charge in [0.15, 0.2) is 0 Å². The fraction of sp³-hybridized carbons (Fsp3) is 0.200. The fourth-order valence-electron chi connectivity index (χ4n) is 1.08. The maximum Gasteiger partial charge on any atom is 0.416 e. The summed E-state index contributed by atoms with van der Waals surface area (Å²) in [6, 6.07) is 3.73. The molecule has 0 saturated carbocycles. The van der Waals surface area contributed by atoms with Gasteiger partial charge in [-0.25, -0.2) is 8.42 Å². The summed E-state index contributed by atoms with van der Waals surface area (Å²) < 4.78 is 59.3. The molecule has 108 valence electrons. The van der Waals surface area contributed by atoms with Gasteiger partial charge in [-0.3, -0.25) is 5.43 Å². The molecular formula is C10H7ClF3N3O2S. The summed E-state index contributed by atoms with van der Waals surface area (Å²) in [6.45, 7) is 0. The zero-order valence-corrected chi connectivity index (χ0v) is 11.4. The molecule has 0 aliphatic heterocycles. The molecule has 0 aliphatic carbocycles. The van der Waals surface area contributed by atoms with Crippen LogP contribution in [-0.2, 0) is 16.0 Å². The van der Waals surface area contributed by atoms with Crippen LogP contribution in [0.4, 0.5) is 18.9 Å². The average Bonchev–Trinajstić information content (AvgIpc) is 2.28. The topological polar surface area (TPSA) is 82.3 Å². The molecule has 0 aromatic heterocycles. The number of rotatable bonds is 2. The SMILES string of the molecule is CS(=O)(=O)/C(C#N)=N/Nc1ccc(C(F)(F)F)cc1Cl. The van der Waals surface area contributed by atoms with E-state index in [0.717, 1.165) is 18.4 Å². The highest BCUT2D eigenvalue weighted by Gasteiger charge is 2.30. The van der Waals surface area contributed by atoms with Gasteiger partial charge >= 0.3 is 6.18 Å². The molecule has 1 aromatic carbocycles. The van der Waals surface area contributed by atoms with Gasteiger partial charge < -0.3 is 0 Å². The maximum atomic E-state index is 12.4. The van der Waals surface area contributed by atoms with Gasteiger partial charge in [0.2, 0.25) is 9.84 Å². The van der Waals surface area contributed by atoms with Crippen LogP contribution in [0.5, 0.6) is 0 Å². The Bertz CT molecular complexity index is 693. The number of sulfone groups is 1. The van der Waals surface area contributed by atoms with E-state index in [2.05, 4.69) is 10.5 Å². The number of nitriles is 1. The fourth-order valence-corrected chi connectivity index (χ4v) is 1.68. The number of halogens is 4. The van der Waals surface area contributed by atoms with E-state index in [4.69, 9.17) is 16.9 Å². The van der Waals surface area contributed by atoms with E-state index in [1.165, 1.54) is 6.07 Å². The van der Waals surface area contributed by atoms with Crippen molar-refractivity contribution in [1.82, 2.24) is 0 Å². The Hall–Kier alpha value is -1.79. The molecule has 1 aromatic rings. The van der Waals surface area contributed by atoms with E-state index in [-0.39, 0.29) is 10.7 Å². The van der Waals surface area contributed by atoms with Crippen molar-refractivity contribution >= 4 is 32.2 Å². The second-order valence-electron chi connectivity index (χ2n) is 3.61. The van der Waals surface area contributed by atoms with Crippen molar-refractivity contribution in [2.45, 2.75) is 6.18 Å². The lowest BCUT2D eigenvalue weighted by atomic mass is 10.2. The van der Waals surface area contributed by atoms with Gasteiger partial charge in [0.1, 0.15) is 6.07 Å². The van der Waals surface area contributed by atoms with Gasteiger partial charge in [0, 0.05) is 6.26 Å². The lowest BCUT2D eigenvalue weighted by Gasteiger charge is -2.09. The highest BCUT2D eigenvalue weighted by Crippen LogP contribution is 2.33.